The summed E-state index contributed by atoms with van der Waals surface area (Å²) in [5, 5.41) is 12.2. The molecule has 0 saturated heterocycles. The Morgan fingerprint density at radius 3 is 2.68 bits per heavy atom. The van der Waals surface area contributed by atoms with Crippen LogP contribution in [0.5, 0.6) is 5.75 Å². The molecule has 38 heavy (non-hydrogen) atoms. The molecule has 2 heterocycles. The fourth-order valence-corrected chi connectivity index (χ4v) is 6.61. The van der Waals surface area contributed by atoms with Crippen LogP contribution in [0, 0.1) is 11.2 Å². The van der Waals surface area contributed by atoms with E-state index in [1.165, 1.54) is 17.7 Å². The summed E-state index contributed by atoms with van der Waals surface area (Å²) >= 11 is 1.79. The molecule has 1 aromatic heterocycles. The molecule has 0 amide bonds. The van der Waals surface area contributed by atoms with E-state index in [-0.39, 0.29) is 52.5 Å². The fraction of sp³-hybridized carbons (Fsp3) is 0.226. The maximum atomic E-state index is 13.7. The Kier molecular flexibility index (Phi) is 7.96. The molecule has 186 valence electrons. The van der Waals surface area contributed by atoms with Crippen LogP contribution in [0.3, 0.4) is 0 Å². The van der Waals surface area contributed by atoms with Gasteiger partial charge in [-0.25, -0.2) is 9.37 Å². The standard InChI is InChI=1S/C31H26FNO3S.Na/c32-23-9-7-21-8-11-24(33-27(21)16-23)10-5-20-6-12-28-26(15-20)30(25-4-2-1-3-22(25)18-36-28)37-19-31(13-14-31)17-29(34)35;/h1-12,15-16,30H,13-14,17-19H2,(H,34,35);/q;+1/p-1/b10-5+;. The summed E-state index contributed by atoms with van der Waals surface area (Å²) in [5.41, 5.74) is 5.64. The molecule has 0 spiro atoms. The fourth-order valence-electron chi connectivity index (χ4n) is 4.93. The number of aliphatic carboxylic acids is 1. The molecule has 1 fully saturated rings. The predicted molar refractivity (Wildman–Crippen MR) is 143 cm³/mol. The first kappa shape index (κ1) is 26.9. The number of pyridine rings is 1. The number of carbonyl (C=O) groups excluding carboxylic acids is 1. The van der Waals surface area contributed by atoms with Crippen molar-refractivity contribution >= 4 is 40.8 Å². The summed E-state index contributed by atoms with van der Waals surface area (Å²) in [6, 6.07) is 22.9. The number of fused-ring (bicyclic) bond motifs is 3. The first-order valence-electron chi connectivity index (χ1n) is 12.4. The van der Waals surface area contributed by atoms with Crippen molar-refractivity contribution in [2.45, 2.75) is 31.1 Å². The van der Waals surface area contributed by atoms with Crippen molar-refractivity contribution in [3.63, 3.8) is 0 Å². The Bertz CT molecular complexity index is 1540. The van der Waals surface area contributed by atoms with Crippen LogP contribution < -0.4 is 39.4 Å². The molecule has 6 rings (SSSR count). The first-order valence-corrected chi connectivity index (χ1v) is 13.4. The molecule has 4 aromatic rings. The quantitative estimate of drug-likeness (QED) is 0.342. The van der Waals surface area contributed by atoms with Crippen molar-refractivity contribution < 1.29 is 48.6 Å². The van der Waals surface area contributed by atoms with Crippen LogP contribution in [0.1, 0.15) is 52.5 Å². The van der Waals surface area contributed by atoms with Crippen LogP contribution in [0.25, 0.3) is 23.1 Å². The molecule has 7 heteroatoms. The summed E-state index contributed by atoms with van der Waals surface area (Å²) in [5.74, 6) is 0.329. The van der Waals surface area contributed by atoms with Gasteiger partial charge in [-0.15, -0.1) is 11.8 Å². The minimum absolute atomic E-state index is 0. The molecular formula is C31H25FNNaO3S. The van der Waals surface area contributed by atoms with Crippen LogP contribution in [0.4, 0.5) is 4.39 Å². The van der Waals surface area contributed by atoms with E-state index in [4.69, 9.17) is 4.74 Å². The molecule has 4 nitrogen and oxygen atoms in total. The SMILES string of the molecule is O=C([O-])CC1(CSC2c3ccccc3COc3ccc(/C=C/c4ccc5ccc(F)cc5n4)cc32)CC1.[Na+]. The van der Waals surface area contributed by atoms with Crippen molar-refractivity contribution in [2.75, 3.05) is 5.75 Å². The van der Waals surface area contributed by atoms with Crippen LogP contribution in [0.2, 0.25) is 0 Å². The Hall–Kier alpha value is -2.64. The second-order valence-corrected chi connectivity index (χ2v) is 11.0. The maximum absolute atomic E-state index is 13.7. The molecule has 0 N–H and O–H groups in total. The van der Waals surface area contributed by atoms with Crippen LogP contribution in [-0.4, -0.2) is 16.7 Å². The summed E-state index contributed by atoms with van der Waals surface area (Å²) in [6.45, 7) is 0.497. The second kappa shape index (κ2) is 11.2. The number of nitrogens with zero attached hydrogens (tertiary/aromatic N) is 1. The monoisotopic (exact) mass is 533 g/mol. The number of aromatic nitrogens is 1. The number of ether oxygens (including phenoxy) is 1. The molecule has 1 atom stereocenters. The van der Waals surface area contributed by atoms with Gasteiger partial charge in [0.25, 0.3) is 0 Å². The number of halogens is 1. The molecule has 1 aliphatic carbocycles. The van der Waals surface area contributed by atoms with E-state index >= 15 is 0 Å². The number of benzene rings is 3. The zero-order valence-electron chi connectivity index (χ0n) is 21.2. The zero-order valence-corrected chi connectivity index (χ0v) is 24.0. The average Bonchev–Trinajstić information content (AvgIpc) is 3.67. The normalized spacial score (nSPS) is 17.1. The predicted octanol–water partition coefficient (Wildman–Crippen LogP) is 3.18. The molecule has 3 aromatic carbocycles. The van der Waals surface area contributed by atoms with Crippen LogP contribution >= 0.6 is 11.8 Å². The summed E-state index contributed by atoms with van der Waals surface area (Å²) in [7, 11) is 0. The summed E-state index contributed by atoms with van der Waals surface area (Å²) < 4.78 is 19.9. The van der Waals surface area contributed by atoms with Gasteiger partial charge in [0.1, 0.15) is 18.2 Å². The van der Waals surface area contributed by atoms with Gasteiger partial charge in [-0.1, -0.05) is 42.5 Å². The largest absolute Gasteiger partial charge is 1.00 e. The molecule has 1 unspecified atom stereocenters. The number of hydrogen-bond donors (Lipinski definition) is 0. The van der Waals surface area contributed by atoms with Gasteiger partial charge in [0.15, 0.2) is 0 Å². The Morgan fingerprint density at radius 2 is 1.87 bits per heavy atom. The van der Waals surface area contributed by atoms with Crippen molar-refractivity contribution in [3.8, 4) is 5.75 Å². The van der Waals surface area contributed by atoms with Gasteiger partial charge in [0.2, 0.25) is 0 Å². The van der Waals surface area contributed by atoms with Gasteiger partial charge in [-0.05, 0) is 77.8 Å². The first-order chi connectivity index (χ1) is 18.0. The van der Waals surface area contributed by atoms with Gasteiger partial charge < -0.3 is 14.6 Å². The molecule has 0 bridgehead atoms. The Balaban J connectivity index is 0.00000294. The maximum Gasteiger partial charge on any atom is 1.00 e. The number of carboxylic acid groups (broad SMARTS) is 1. The van der Waals surface area contributed by atoms with E-state index in [2.05, 4.69) is 23.2 Å². The third-order valence-corrected chi connectivity index (χ3v) is 8.81. The topological polar surface area (TPSA) is 62.2 Å². The van der Waals surface area contributed by atoms with E-state index in [0.29, 0.717) is 12.1 Å². The van der Waals surface area contributed by atoms with Crippen LogP contribution in [-0.2, 0) is 11.4 Å². The van der Waals surface area contributed by atoms with E-state index in [1.54, 1.807) is 17.8 Å². The van der Waals surface area contributed by atoms with Crippen molar-refractivity contribution in [1.82, 2.24) is 4.98 Å². The third kappa shape index (κ3) is 5.84. The molecule has 1 saturated carbocycles. The molecule has 0 radical (unpaired) electrons. The smallest absolute Gasteiger partial charge is 0.550 e. The van der Waals surface area contributed by atoms with Crippen LogP contribution in [0.15, 0.2) is 72.8 Å². The van der Waals surface area contributed by atoms with Gasteiger partial charge in [-0.2, -0.15) is 0 Å². The molecular weight excluding hydrogens is 508 g/mol. The minimum Gasteiger partial charge on any atom is -0.550 e. The van der Waals surface area contributed by atoms with Crippen molar-refractivity contribution in [1.29, 1.82) is 0 Å². The van der Waals surface area contributed by atoms with E-state index < -0.39 is 5.97 Å². The number of carboxylic acids is 1. The Morgan fingerprint density at radius 1 is 1.05 bits per heavy atom. The zero-order chi connectivity index (χ0) is 25.4. The van der Waals surface area contributed by atoms with Gasteiger partial charge in [-0.3, -0.25) is 0 Å². The van der Waals surface area contributed by atoms with Crippen molar-refractivity contribution in [2.24, 2.45) is 5.41 Å². The Labute approximate surface area is 247 Å². The summed E-state index contributed by atoms with van der Waals surface area (Å²) in [4.78, 5) is 15.9. The number of hydrogen-bond acceptors (Lipinski definition) is 5. The second-order valence-electron chi connectivity index (χ2n) is 9.93. The minimum atomic E-state index is -0.972. The van der Waals surface area contributed by atoms with E-state index in [1.807, 2.05) is 48.6 Å². The van der Waals surface area contributed by atoms with Crippen molar-refractivity contribution in [3.05, 3.63) is 107 Å². The average molecular weight is 534 g/mol. The van der Waals surface area contributed by atoms with Gasteiger partial charge in [0.05, 0.1) is 16.5 Å². The van der Waals surface area contributed by atoms with Gasteiger partial charge >= 0.3 is 29.6 Å². The van der Waals surface area contributed by atoms with E-state index in [0.717, 1.165) is 52.1 Å². The molecule has 2 aliphatic rings. The van der Waals surface area contributed by atoms with E-state index in [9.17, 15) is 14.3 Å². The number of thioether (sulfide) groups is 1. The number of rotatable bonds is 7. The third-order valence-electron chi connectivity index (χ3n) is 7.19. The molecule has 1 aliphatic heterocycles. The number of carbonyl (C=O) groups is 1. The van der Waals surface area contributed by atoms with Gasteiger partial charge in [0, 0.05) is 28.7 Å². The summed E-state index contributed by atoms with van der Waals surface area (Å²) in [6.07, 6.45) is 5.90.